The van der Waals surface area contributed by atoms with Crippen LogP contribution < -0.4 is 10.3 Å². The second kappa shape index (κ2) is 7.39. The van der Waals surface area contributed by atoms with Crippen molar-refractivity contribution in [3.63, 3.8) is 0 Å². The third-order valence-corrected chi connectivity index (χ3v) is 6.10. The number of nitrogens with one attached hydrogen (secondary N) is 2. The van der Waals surface area contributed by atoms with E-state index in [1.807, 2.05) is 12.3 Å². The Morgan fingerprint density at radius 1 is 1.28 bits per heavy atom. The first-order valence-corrected chi connectivity index (χ1v) is 10.4. The van der Waals surface area contributed by atoms with E-state index in [-0.39, 0.29) is 12.3 Å². The fourth-order valence-electron chi connectivity index (χ4n) is 4.26. The molecular formula is C21H25N7O. The largest absolute Gasteiger partial charge is 0.355 e. The topological polar surface area (TPSA) is 103 Å². The van der Waals surface area contributed by atoms with Gasteiger partial charge in [0.25, 0.3) is 0 Å². The SMILES string of the molecule is N#CCC1CCN(n2c(CC(=O)NCC3CC3)nc3cnc4[nH]ccc4c32)CC1. The van der Waals surface area contributed by atoms with Crippen LogP contribution in [0.2, 0.25) is 0 Å². The molecule has 3 aromatic rings. The molecule has 2 fully saturated rings. The molecule has 150 valence electrons. The molecule has 1 saturated heterocycles. The molecule has 4 heterocycles. The quantitative estimate of drug-likeness (QED) is 0.671. The Labute approximate surface area is 168 Å². The van der Waals surface area contributed by atoms with Gasteiger partial charge in [0.1, 0.15) is 22.5 Å². The van der Waals surface area contributed by atoms with Gasteiger partial charge in [-0.05, 0) is 43.6 Å². The number of imidazole rings is 1. The summed E-state index contributed by atoms with van der Waals surface area (Å²) in [5.74, 6) is 1.87. The van der Waals surface area contributed by atoms with Gasteiger partial charge in [-0.15, -0.1) is 0 Å². The van der Waals surface area contributed by atoms with Crippen molar-refractivity contribution in [1.29, 1.82) is 5.26 Å². The van der Waals surface area contributed by atoms with Crippen molar-refractivity contribution in [1.82, 2.24) is 24.9 Å². The Kier molecular flexibility index (Phi) is 4.58. The second-order valence-corrected chi connectivity index (χ2v) is 8.26. The molecule has 1 amide bonds. The fraction of sp³-hybridized carbons (Fsp3) is 0.524. The van der Waals surface area contributed by atoms with E-state index in [9.17, 15) is 4.79 Å². The Balaban J connectivity index is 1.49. The Morgan fingerprint density at radius 2 is 2.10 bits per heavy atom. The molecule has 1 aliphatic heterocycles. The number of aromatic nitrogens is 4. The minimum Gasteiger partial charge on any atom is -0.355 e. The molecule has 0 unspecified atom stereocenters. The van der Waals surface area contributed by atoms with E-state index >= 15 is 0 Å². The monoisotopic (exact) mass is 391 g/mol. The Bertz CT molecular complexity index is 1080. The zero-order valence-corrected chi connectivity index (χ0v) is 16.4. The number of carbonyl (C=O) groups excluding carboxylic acids is 1. The number of hydrogen-bond donors (Lipinski definition) is 2. The van der Waals surface area contributed by atoms with Crippen molar-refractivity contribution in [2.75, 3.05) is 24.6 Å². The van der Waals surface area contributed by atoms with Gasteiger partial charge in [0.2, 0.25) is 5.91 Å². The van der Waals surface area contributed by atoms with E-state index in [2.05, 4.69) is 31.0 Å². The lowest BCUT2D eigenvalue weighted by Crippen LogP contribution is -2.43. The molecule has 0 aromatic carbocycles. The fourth-order valence-corrected chi connectivity index (χ4v) is 4.26. The maximum atomic E-state index is 12.6. The number of aromatic amines is 1. The first kappa shape index (κ1) is 18.0. The van der Waals surface area contributed by atoms with E-state index in [1.54, 1.807) is 6.20 Å². The predicted molar refractivity (Wildman–Crippen MR) is 110 cm³/mol. The predicted octanol–water partition coefficient (Wildman–Crippen LogP) is 2.24. The first-order chi connectivity index (χ1) is 14.2. The highest BCUT2D eigenvalue weighted by Gasteiger charge is 2.26. The van der Waals surface area contributed by atoms with E-state index in [4.69, 9.17) is 10.2 Å². The van der Waals surface area contributed by atoms with Crippen LogP contribution in [-0.2, 0) is 11.2 Å². The summed E-state index contributed by atoms with van der Waals surface area (Å²) in [6, 6.07) is 4.32. The summed E-state index contributed by atoms with van der Waals surface area (Å²) in [5.41, 5.74) is 2.63. The van der Waals surface area contributed by atoms with Gasteiger partial charge in [-0.1, -0.05) is 0 Å². The number of pyridine rings is 1. The zero-order valence-electron chi connectivity index (χ0n) is 16.4. The highest BCUT2D eigenvalue weighted by atomic mass is 16.1. The van der Waals surface area contributed by atoms with Crippen LogP contribution in [-0.4, -0.2) is 45.2 Å². The van der Waals surface area contributed by atoms with E-state index < -0.39 is 0 Å². The summed E-state index contributed by atoms with van der Waals surface area (Å²) in [5, 5.41) is 15.4. The standard InChI is InChI=1S/C21H25N7O/c22-7-3-14-5-9-27(10-6-14)28-18(11-19(29)24-12-15-1-2-15)26-17-13-25-21-16(20(17)28)4-8-23-21/h4,8,13-15H,1-3,5-6,9-12H2,(H,23,25)(H,24,29). The molecule has 0 spiro atoms. The van der Waals surface area contributed by atoms with Gasteiger partial charge in [-0.25, -0.2) is 14.6 Å². The van der Waals surface area contributed by atoms with Crippen molar-refractivity contribution in [2.24, 2.45) is 11.8 Å². The molecule has 0 radical (unpaired) electrons. The molecule has 8 nitrogen and oxygen atoms in total. The summed E-state index contributed by atoms with van der Waals surface area (Å²) in [6.07, 6.45) is 8.91. The van der Waals surface area contributed by atoms with Gasteiger partial charge in [0.15, 0.2) is 0 Å². The number of nitriles is 1. The Morgan fingerprint density at radius 3 is 2.86 bits per heavy atom. The maximum Gasteiger partial charge on any atom is 0.227 e. The molecular weight excluding hydrogens is 366 g/mol. The van der Waals surface area contributed by atoms with Gasteiger partial charge in [0, 0.05) is 37.6 Å². The lowest BCUT2D eigenvalue weighted by molar-refractivity contribution is -0.120. The summed E-state index contributed by atoms with van der Waals surface area (Å²) >= 11 is 0. The highest BCUT2D eigenvalue weighted by molar-refractivity contribution is 6.01. The third-order valence-electron chi connectivity index (χ3n) is 6.10. The minimum atomic E-state index is 0.0195. The minimum absolute atomic E-state index is 0.0195. The average molecular weight is 391 g/mol. The molecule has 8 heteroatoms. The highest BCUT2D eigenvalue weighted by Crippen LogP contribution is 2.29. The van der Waals surface area contributed by atoms with Crippen LogP contribution in [0.5, 0.6) is 0 Å². The normalized spacial score (nSPS) is 17.7. The molecule has 29 heavy (non-hydrogen) atoms. The van der Waals surface area contributed by atoms with E-state index in [1.165, 1.54) is 12.8 Å². The molecule has 3 aromatic heterocycles. The van der Waals surface area contributed by atoms with Crippen molar-refractivity contribution >= 4 is 28.0 Å². The number of nitrogens with zero attached hydrogens (tertiary/aromatic N) is 5. The molecule has 2 aliphatic rings. The van der Waals surface area contributed by atoms with Gasteiger partial charge in [0.05, 0.1) is 18.7 Å². The summed E-state index contributed by atoms with van der Waals surface area (Å²) in [4.78, 5) is 25.0. The number of H-pyrrole nitrogens is 1. The van der Waals surface area contributed by atoms with Gasteiger partial charge in [-0.2, -0.15) is 5.26 Å². The number of rotatable bonds is 6. The molecule has 1 saturated carbocycles. The van der Waals surface area contributed by atoms with Crippen molar-refractivity contribution in [3.05, 3.63) is 24.3 Å². The lowest BCUT2D eigenvalue weighted by atomic mass is 9.95. The summed E-state index contributed by atoms with van der Waals surface area (Å²) in [7, 11) is 0. The third kappa shape index (κ3) is 3.53. The smallest absolute Gasteiger partial charge is 0.227 e. The number of piperidine rings is 1. The van der Waals surface area contributed by atoms with Crippen LogP contribution in [0.15, 0.2) is 18.5 Å². The van der Waals surface area contributed by atoms with Crippen LogP contribution in [0, 0.1) is 23.2 Å². The van der Waals surface area contributed by atoms with Crippen molar-refractivity contribution < 1.29 is 4.79 Å². The van der Waals surface area contributed by atoms with Crippen LogP contribution >= 0.6 is 0 Å². The zero-order chi connectivity index (χ0) is 19.8. The number of amides is 1. The number of hydrogen-bond acceptors (Lipinski definition) is 5. The van der Waals surface area contributed by atoms with Crippen molar-refractivity contribution in [3.8, 4) is 6.07 Å². The lowest BCUT2D eigenvalue weighted by Gasteiger charge is -2.34. The van der Waals surface area contributed by atoms with Gasteiger partial charge in [-0.3, -0.25) is 4.79 Å². The maximum absolute atomic E-state index is 12.6. The molecule has 1 aliphatic carbocycles. The molecule has 0 bridgehead atoms. The Hall–Kier alpha value is -3.08. The van der Waals surface area contributed by atoms with Crippen LogP contribution in [0.4, 0.5) is 0 Å². The first-order valence-electron chi connectivity index (χ1n) is 10.4. The summed E-state index contributed by atoms with van der Waals surface area (Å²) in [6.45, 7) is 2.47. The summed E-state index contributed by atoms with van der Waals surface area (Å²) < 4.78 is 2.13. The molecule has 5 rings (SSSR count). The molecule has 0 atom stereocenters. The number of fused-ring (bicyclic) bond motifs is 3. The average Bonchev–Trinajstić information content (AvgIpc) is 3.30. The van der Waals surface area contributed by atoms with Crippen LogP contribution in [0.1, 0.15) is 37.9 Å². The number of carbonyl (C=O) groups is 1. The van der Waals surface area contributed by atoms with Gasteiger partial charge >= 0.3 is 0 Å². The second-order valence-electron chi connectivity index (χ2n) is 8.26. The molecule has 2 N–H and O–H groups in total. The van der Waals surface area contributed by atoms with Crippen LogP contribution in [0.3, 0.4) is 0 Å². The van der Waals surface area contributed by atoms with E-state index in [0.29, 0.717) is 18.3 Å². The van der Waals surface area contributed by atoms with Crippen molar-refractivity contribution in [2.45, 2.75) is 38.5 Å². The van der Waals surface area contributed by atoms with E-state index in [0.717, 1.165) is 60.4 Å². The van der Waals surface area contributed by atoms with Gasteiger partial charge < -0.3 is 15.3 Å². The van der Waals surface area contributed by atoms with Crippen LogP contribution in [0.25, 0.3) is 22.1 Å².